The Morgan fingerprint density at radius 3 is 2.41 bits per heavy atom. The summed E-state index contributed by atoms with van der Waals surface area (Å²) in [4.78, 5) is 11.6. The number of aliphatic hydroxyl groups is 1. The van der Waals surface area contributed by atoms with Gasteiger partial charge in [0, 0.05) is 5.41 Å². The molecule has 0 saturated carbocycles. The standard InChI is InChI=1S/C15H20O2/c1-15(2,3)14(17)11-7-10-13(16)12-8-5-4-6-9-12/h4-9,11,13,16H,10H2,1-3H3/t13-/m1/s1. The molecular weight excluding hydrogens is 212 g/mol. The number of carbonyl (C=O) groups excluding carboxylic acids is 1. The third-order valence-electron chi connectivity index (χ3n) is 2.55. The molecule has 1 aromatic carbocycles. The fourth-order valence-electron chi connectivity index (χ4n) is 1.37. The van der Waals surface area contributed by atoms with Crippen molar-refractivity contribution >= 4 is 5.78 Å². The maximum Gasteiger partial charge on any atom is 0.160 e. The molecule has 0 bridgehead atoms. The minimum atomic E-state index is -0.541. The van der Waals surface area contributed by atoms with Crippen molar-refractivity contribution in [2.45, 2.75) is 33.3 Å². The molecule has 92 valence electrons. The fourth-order valence-corrected chi connectivity index (χ4v) is 1.37. The minimum absolute atomic E-state index is 0.0813. The highest BCUT2D eigenvalue weighted by atomic mass is 16.3. The third kappa shape index (κ3) is 4.53. The lowest BCUT2D eigenvalue weighted by atomic mass is 9.90. The lowest BCUT2D eigenvalue weighted by molar-refractivity contribution is -0.121. The van der Waals surface area contributed by atoms with Gasteiger partial charge in [-0.05, 0) is 18.1 Å². The molecule has 0 aliphatic rings. The van der Waals surface area contributed by atoms with Gasteiger partial charge >= 0.3 is 0 Å². The average Bonchev–Trinajstić information content (AvgIpc) is 2.28. The first-order valence-corrected chi connectivity index (χ1v) is 5.85. The molecule has 1 rings (SSSR count). The number of benzene rings is 1. The highest BCUT2D eigenvalue weighted by Gasteiger charge is 2.17. The van der Waals surface area contributed by atoms with Crippen molar-refractivity contribution in [2.75, 3.05) is 0 Å². The van der Waals surface area contributed by atoms with E-state index in [1.807, 2.05) is 51.1 Å². The molecule has 2 nitrogen and oxygen atoms in total. The Hall–Kier alpha value is -1.41. The number of carbonyl (C=O) groups is 1. The largest absolute Gasteiger partial charge is 0.388 e. The van der Waals surface area contributed by atoms with Crippen LogP contribution in [-0.4, -0.2) is 10.9 Å². The van der Waals surface area contributed by atoms with Crippen molar-refractivity contribution < 1.29 is 9.90 Å². The van der Waals surface area contributed by atoms with Gasteiger partial charge in [-0.15, -0.1) is 0 Å². The molecule has 0 fully saturated rings. The van der Waals surface area contributed by atoms with Crippen LogP contribution in [0, 0.1) is 5.41 Å². The van der Waals surface area contributed by atoms with Crippen LogP contribution in [0.15, 0.2) is 42.5 Å². The second-order valence-corrected chi connectivity index (χ2v) is 5.18. The van der Waals surface area contributed by atoms with Gasteiger partial charge < -0.3 is 5.11 Å². The van der Waals surface area contributed by atoms with Gasteiger partial charge in [-0.25, -0.2) is 0 Å². The van der Waals surface area contributed by atoms with Gasteiger partial charge in [0.05, 0.1) is 6.10 Å². The average molecular weight is 232 g/mol. The van der Waals surface area contributed by atoms with E-state index in [4.69, 9.17) is 0 Å². The van der Waals surface area contributed by atoms with Crippen LogP contribution in [-0.2, 0) is 4.79 Å². The van der Waals surface area contributed by atoms with Crippen LogP contribution in [0.5, 0.6) is 0 Å². The van der Waals surface area contributed by atoms with Crippen LogP contribution < -0.4 is 0 Å². The molecule has 0 heterocycles. The maximum absolute atomic E-state index is 11.6. The summed E-state index contributed by atoms with van der Waals surface area (Å²) < 4.78 is 0. The van der Waals surface area contributed by atoms with E-state index in [0.29, 0.717) is 6.42 Å². The predicted molar refractivity (Wildman–Crippen MR) is 69.6 cm³/mol. The number of aliphatic hydroxyl groups excluding tert-OH is 1. The minimum Gasteiger partial charge on any atom is -0.388 e. The summed E-state index contributed by atoms with van der Waals surface area (Å²) in [5, 5.41) is 9.87. The molecule has 17 heavy (non-hydrogen) atoms. The summed E-state index contributed by atoms with van der Waals surface area (Å²) in [6.45, 7) is 5.65. The third-order valence-corrected chi connectivity index (χ3v) is 2.55. The van der Waals surface area contributed by atoms with E-state index < -0.39 is 6.10 Å². The molecule has 0 aliphatic carbocycles. The number of allylic oxidation sites excluding steroid dienone is 1. The highest BCUT2D eigenvalue weighted by Crippen LogP contribution is 2.18. The van der Waals surface area contributed by atoms with Crippen molar-refractivity contribution in [1.82, 2.24) is 0 Å². The van der Waals surface area contributed by atoms with Gasteiger partial charge in [-0.1, -0.05) is 57.2 Å². The van der Waals surface area contributed by atoms with Crippen LogP contribution in [0.1, 0.15) is 38.9 Å². The Kier molecular flexibility index (Phi) is 4.64. The maximum atomic E-state index is 11.6. The summed E-state index contributed by atoms with van der Waals surface area (Å²) in [7, 11) is 0. The van der Waals surface area contributed by atoms with Crippen LogP contribution >= 0.6 is 0 Å². The van der Waals surface area contributed by atoms with E-state index in [1.165, 1.54) is 0 Å². The second-order valence-electron chi connectivity index (χ2n) is 5.18. The summed E-state index contributed by atoms with van der Waals surface area (Å²) in [5.74, 6) is 0.0813. The van der Waals surface area contributed by atoms with Crippen molar-refractivity contribution in [3.05, 3.63) is 48.0 Å². The van der Waals surface area contributed by atoms with E-state index >= 15 is 0 Å². The highest BCUT2D eigenvalue weighted by molar-refractivity contribution is 5.93. The van der Waals surface area contributed by atoms with Gasteiger partial charge in [0.25, 0.3) is 0 Å². The molecule has 0 amide bonds. The Labute approximate surface area is 103 Å². The molecular formula is C15H20O2. The fraction of sp³-hybridized carbons (Fsp3) is 0.400. The molecule has 0 spiro atoms. The Morgan fingerprint density at radius 1 is 1.29 bits per heavy atom. The van der Waals surface area contributed by atoms with Gasteiger partial charge in [-0.2, -0.15) is 0 Å². The van der Waals surface area contributed by atoms with Gasteiger partial charge in [0.2, 0.25) is 0 Å². The molecule has 1 N–H and O–H groups in total. The number of rotatable bonds is 4. The molecule has 0 saturated heterocycles. The summed E-state index contributed by atoms with van der Waals surface area (Å²) in [6.07, 6.45) is 3.23. The molecule has 0 unspecified atom stereocenters. The summed E-state index contributed by atoms with van der Waals surface area (Å²) in [6, 6.07) is 9.45. The smallest absolute Gasteiger partial charge is 0.160 e. The number of hydrogen-bond acceptors (Lipinski definition) is 2. The zero-order valence-electron chi connectivity index (χ0n) is 10.7. The van der Waals surface area contributed by atoms with Crippen LogP contribution in [0.2, 0.25) is 0 Å². The van der Waals surface area contributed by atoms with Gasteiger partial charge in [0.1, 0.15) is 0 Å². The molecule has 2 heteroatoms. The SMILES string of the molecule is CC(C)(C)C(=O)C=CC[C@@H](O)c1ccccc1. The van der Waals surface area contributed by atoms with Crippen LogP contribution in [0.25, 0.3) is 0 Å². The molecule has 0 aromatic heterocycles. The summed E-state index contributed by atoms with van der Waals surface area (Å²) >= 11 is 0. The van der Waals surface area contributed by atoms with E-state index in [1.54, 1.807) is 12.2 Å². The first-order valence-electron chi connectivity index (χ1n) is 5.85. The van der Waals surface area contributed by atoms with Crippen molar-refractivity contribution in [3.8, 4) is 0 Å². The topological polar surface area (TPSA) is 37.3 Å². The molecule has 0 radical (unpaired) electrons. The van der Waals surface area contributed by atoms with E-state index in [0.717, 1.165) is 5.56 Å². The quantitative estimate of drug-likeness (QED) is 0.809. The van der Waals surface area contributed by atoms with E-state index in [-0.39, 0.29) is 11.2 Å². The normalized spacial score (nSPS) is 13.9. The van der Waals surface area contributed by atoms with Crippen molar-refractivity contribution in [2.24, 2.45) is 5.41 Å². The van der Waals surface area contributed by atoms with Gasteiger partial charge in [0.15, 0.2) is 5.78 Å². The zero-order chi connectivity index (χ0) is 12.9. The Bertz CT molecular complexity index is 385. The monoisotopic (exact) mass is 232 g/mol. The predicted octanol–water partition coefficient (Wildman–Crippen LogP) is 3.28. The lowest BCUT2D eigenvalue weighted by Crippen LogP contribution is -2.17. The van der Waals surface area contributed by atoms with Crippen LogP contribution in [0.3, 0.4) is 0 Å². The van der Waals surface area contributed by atoms with E-state index in [2.05, 4.69) is 0 Å². The molecule has 1 aromatic rings. The number of hydrogen-bond donors (Lipinski definition) is 1. The zero-order valence-corrected chi connectivity index (χ0v) is 10.7. The van der Waals surface area contributed by atoms with Crippen LogP contribution in [0.4, 0.5) is 0 Å². The first kappa shape index (κ1) is 13.7. The Morgan fingerprint density at radius 2 is 1.88 bits per heavy atom. The van der Waals surface area contributed by atoms with E-state index in [9.17, 15) is 9.90 Å². The Balaban J connectivity index is 2.52. The van der Waals surface area contributed by atoms with Crippen molar-refractivity contribution in [1.29, 1.82) is 0 Å². The summed E-state index contributed by atoms with van der Waals surface area (Å²) in [5.41, 5.74) is 0.522. The second kappa shape index (κ2) is 5.78. The lowest BCUT2D eigenvalue weighted by Gasteiger charge is -2.13. The first-order chi connectivity index (χ1) is 7.91. The molecule has 1 atom stereocenters. The number of ketones is 1. The van der Waals surface area contributed by atoms with Crippen molar-refractivity contribution in [3.63, 3.8) is 0 Å². The molecule has 0 aliphatic heterocycles. The van der Waals surface area contributed by atoms with Gasteiger partial charge in [-0.3, -0.25) is 4.79 Å².